The van der Waals surface area contributed by atoms with Crippen LogP contribution in [0.25, 0.3) is 6.08 Å². The van der Waals surface area contributed by atoms with Gasteiger partial charge in [-0.25, -0.2) is 4.98 Å². The molecule has 0 amide bonds. The molecule has 1 aliphatic rings. The molecule has 0 aliphatic carbocycles. The van der Waals surface area contributed by atoms with Gasteiger partial charge in [0.05, 0.1) is 4.87 Å². The Bertz CT molecular complexity index is 417. The van der Waals surface area contributed by atoms with Gasteiger partial charge in [-0.1, -0.05) is 12.7 Å². The van der Waals surface area contributed by atoms with E-state index in [1.165, 1.54) is 0 Å². The Balaban J connectivity index is 2.03. The number of pyridine rings is 1. The van der Waals surface area contributed by atoms with Crippen molar-refractivity contribution in [2.75, 3.05) is 31.1 Å². The molecule has 0 N–H and O–H groups in total. The lowest BCUT2D eigenvalue weighted by molar-refractivity contribution is 0.186. The standard InChI is InChI=1S/C14H21N3S/c1-4-12-5-6-15-13(11-12)16-7-9-17(10-8-16)14(2,3)18/h4-6,11,18H,1,7-10H2,2-3H3. The highest BCUT2D eigenvalue weighted by molar-refractivity contribution is 7.81. The van der Waals surface area contributed by atoms with E-state index in [4.69, 9.17) is 0 Å². The highest BCUT2D eigenvalue weighted by Crippen LogP contribution is 2.22. The van der Waals surface area contributed by atoms with E-state index in [-0.39, 0.29) is 4.87 Å². The van der Waals surface area contributed by atoms with Crippen LogP contribution in [0.4, 0.5) is 5.82 Å². The zero-order chi connectivity index (χ0) is 13.2. The summed E-state index contributed by atoms with van der Waals surface area (Å²) in [4.78, 5) is 9.11. The molecule has 98 valence electrons. The van der Waals surface area contributed by atoms with Crippen LogP contribution in [0.1, 0.15) is 19.4 Å². The summed E-state index contributed by atoms with van der Waals surface area (Å²) in [5.74, 6) is 1.05. The van der Waals surface area contributed by atoms with Crippen LogP contribution in [-0.2, 0) is 0 Å². The third-order valence-corrected chi connectivity index (χ3v) is 3.67. The summed E-state index contributed by atoms with van der Waals surface area (Å²) in [6.45, 7) is 12.1. The SMILES string of the molecule is C=Cc1ccnc(N2CCN(C(C)(C)S)CC2)c1. The minimum atomic E-state index is -0.0392. The fraction of sp³-hybridized carbons (Fsp3) is 0.500. The summed E-state index contributed by atoms with van der Waals surface area (Å²) in [5.41, 5.74) is 1.12. The zero-order valence-corrected chi connectivity index (χ0v) is 12.0. The monoisotopic (exact) mass is 263 g/mol. The fourth-order valence-electron chi connectivity index (χ4n) is 2.22. The largest absolute Gasteiger partial charge is 0.354 e. The van der Waals surface area contributed by atoms with Crippen LogP contribution in [0.2, 0.25) is 0 Å². The van der Waals surface area contributed by atoms with Crippen molar-refractivity contribution in [3.63, 3.8) is 0 Å². The lowest BCUT2D eigenvalue weighted by atomic mass is 10.2. The van der Waals surface area contributed by atoms with Gasteiger partial charge < -0.3 is 4.90 Å². The Labute approximate surface area is 115 Å². The van der Waals surface area contributed by atoms with Gasteiger partial charge in [0.2, 0.25) is 0 Å². The van der Waals surface area contributed by atoms with Gasteiger partial charge in [-0.05, 0) is 31.5 Å². The van der Waals surface area contributed by atoms with Crippen molar-refractivity contribution >= 4 is 24.5 Å². The number of piperazine rings is 1. The first kappa shape index (κ1) is 13.4. The third-order valence-electron chi connectivity index (χ3n) is 3.38. The van der Waals surface area contributed by atoms with Crippen molar-refractivity contribution in [3.8, 4) is 0 Å². The normalized spacial score (nSPS) is 17.8. The Hall–Kier alpha value is -1.00. The van der Waals surface area contributed by atoms with Crippen molar-refractivity contribution < 1.29 is 0 Å². The topological polar surface area (TPSA) is 19.4 Å². The molecule has 0 bridgehead atoms. The molecule has 4 heteroatoms. The van der Waals surface area contributed by atoms with Crippen molar-refractivity contribution in [1.82, 2.24) is 9.88 Å². The maximum Gasteiger partial charge on any atom is 0.129 e. The summed E-state index contributed by atoms with van der Waals surface area (Å²) < 4.78 is 0. The molecular formula is C14H21N3S. The average molecular weight is 263 g/mol. The molecule has 1 fully saturated rings. The quantitative estimate of drug-likeness (QED) is 0.846. The fourth-order valence-corrected chi connectivity index (χ4v) is 2.42. The molecule has 1 aromatic heterocycles. The molecule has 2 rings (SSSR count). The van der Waals surface area contributed by atoms with Crippen molar-refractivity contribution in [2.45, 2.75) is 18.7 Å². The summed E-state index contributed by atoms with van der Waals surface area (Å²) in [7, 11) is 0. The maximum absolute atomic E-state index is 4.62. The van der Waals surface area contributed by atoms with E-state index in [0.717, 1.165) is 37.6 Å². The zero-order valence-electron chi connectivity index (χ0n) is 11.1. The van der Waals surface area contributed by atoms with E-state index in [2.05, 4.69) is 53.9 Å². The molecule has 0 saturated carbocycles. The van der Waals surface area contributed by atoms with E-state index in [1.54, 1.807) is 0 Å². The van der Waals surface area contributed by atoms with Crippen LogP contribution in [0.3, 0.4) is 0 Å². The summed E-state index contributed by atoms with van der Waals surface area (Å²) in [6, 6.07) is 4.07. The molecule has 18 heavy (non-hydrogen) atoms. The molecule has 2 heterocycles. The average Bonchev–Trinajstić information content (AvgIpc) is 2.38. The first-order chi connectivity index (χ1) is 8.50. The summed E-state index contributed by atoms with van der Waals surface area (Å²) in [6.07, 6.45) is 3.71. The number of hydrogen-bond donors (Lipinski definition) is 1. The highest BCUT2D eigenvalue weighted by Gasteiger charge is 2.26. The van der Waals surface area contributed by atoms with Crippen LogP contribution in [0.15, 0.2) is 24.9 Å². The molecule has 1 aromatic rings. The third kappa shape index (κ3) is 3.06. The van der Waals surface area contributed by atoms with Gasteiger partial charge in [0.1, 0.15) is 5.82 Å². The smallest absolute Gasteiger partial charge is 0.129 e. The number of aromatic nitrogens is 1. The molecule has 0 radical (unpaired) electrons. The van der Waals surface area contributed by atoms with Gasteiger partial charge in [-0.3, -0.25) is 4.90 Å². The number of anilines is 1. The van der Waals surface area contributed by atoms with E-state index in [9.17, 15) is 0 Å². The molecule has 0 unspecified atom stereocenters. The molecular weight excluding hydrogens is 242 g/mol. The van der Waals surface area contributed by atoms with Crippen LogP contribution in [0.5, 0.6) is 0 Å². The lowest BCUT2D eigenvalue weighted by Gasteiger charge is -2.42. The van der Waals surface area contributed by atoms with Crippen molar-refractivity contribution in [2.24, 2.45) is 0 Å². The van der Waals surface area contributed by atoms with Crippen LogP contribution in [0, 0.1) is 0 Å². The highest BCUT2D eigenvalue weighted by atomic mass is 32.1. The van der Waals surface area contributed by atoms with Gasteiger partial charge in [-0.2, -0.15) is 12.6 Å². The Kier molecular flexibility index (Phi) is 3.97. The summed E-state index contributed by atoms with van der Waals surface area (Å²) in [5, 5.41) is 0. The Morgan fingerprint density at radius 2 is 2.00 bits per heavy atom. The Morgan fingerprint density at radius 3 is 2.56 bits per heavy atom. The van der Waals surface area contributed by atoms with Gasteiger partial charge in [-0.15, -0.1) is 0 Å². The molecule has 1 aliphatic heterocycles. The second-order valence-corrected chi connectivity index (χ2v) is 6.21. The minimum Gasteiger partial charge on any atom is -0.354 e. The predicted octanol–water partition coefficient (Wildman–Crippen LogP) is 2.51. The Morgan fingerprint density at radius 1 is 1.33 bits per heavy atom. The number of hydrogen-bond acceptors (Lipinski definition) is 4. The second kappa shape index (κ2) is 5.33. The van der Waals surface area contributed by atoms with Crippen LogP contribution < -0.4 is 4.90 Å². The number of rotatable bonds is 3. The second-order valence-electron chi connectivity index (χ2n) is 5.12. The van der Waals surface area contributed by atoms with Gasteiger partial charge >= 0.3 is 0 Å². The van der Waals surface area contributed by atoms with Gasteiger partial charge in [0.25, 0.3) is 0 Å². The lowest BCUT2D eigenvalue weighted by Crippen LogP contribution is -2.52. The van der Waals surface area contributed by atoms with Gasteiger partial charge in [0, 0.05) is 32.4 Å². The molecule has 0 atom stereocenters. The van der Waals surface area contributed by atoms with Crippen molar-refractivity contribution in [3.05, 3.63) is 30.5 Å². The van der Waals surface area contributed by atoms with Crippen molar-refractivity contribution in [1.29, 1.82) is 0 Å². The first-order valence-electron chi connectivity index (χ1n) is 6.31. The predicted molar refractivity (Wildman–Crippen MR) is 81.2 cm³/mol. The maximum atomic E-state index is 4.62. The van der Waals surface area contributed by atoms with E-state index < -0.39 is 0 Å². The van der Waals surface area contributed by atoms with Crippen LogP contribution in [-0.4, -0.2) is 40.9 Å². The van der Waals surface area contributed by atoms with E-state index in [1.807, 2.05) is 18.3 Å². The number of nitrogens with zero attached hydrogens (tertiary/aromatic N) is 3. The van der Waals surface area contributed by atoms with E-state index >= 15 is 0 Å². The molecule has 0 spiro atoms. The first-order valence-corrected chi connectivity index (χ1v) is 6.76. The van der Waals surface area contributed by atoms with E-state index in [0.29, 0.717) is 0 Å². The van der Waals surface area contributed by atoms with Crippen LogP contribution >= 0.6 is 12.6 Å². The summed E-state index contributed by atoms with van der Waals surface area (Å²) >= 11 is 4.62. The molecule has 0 aromatic carbocycles. The molecule has 1 saturated heterocycles. The van der Waals surface area contributed by atoms with Gasteiger partial charge in [0.15, 0.2) is 0 Å². The molecule has 3 nitrogen and oxygen atoms in total. The minimum absolute atomic E-state index is 0.0392. The number of thiol groups is 1.